The Hall–Kier alpha value is -3.53. The molecule has 136 valence electrons. The van der Waals surface area contributed by atoms with Crippen LogP contribution in [0.25, 0.3) is 10.9 Å². The van der Waals surface area contributed by atoms with Gasteiger partial charge in [-0.1, -0.05) is 5.92 Å². The normalized spacial score (nSPS) is 11.0. The van der Waals surface area contributed by atoms with Crippen molar-refractivity contribution in [3.63, 3.8) is 0 Å². The molecular weight excluding hydrogens is 344 g/mol. The number of ether oxygens (including phenoxy) is 1. The van der Waals surface area contributed by atoms with Crippen LogP contribution in [0.15, 0.2) is 36.7 Å². The number of ketones is 1. The van der Waals surface area contributed by atoms with Crippen molar-refractivity contribution >= 4 is 22.8 Å². The Balaban J connectivity index is 1.88. The third-order valence-corrected chi connectivity index (χ3v) is 3.44. The van der Waals surface area contributed by atoms with Gasteiger partial charge in [0.1, 0.15) is 11.3 Å². The topological polar surface area (TPSA) is 87.0 Å². The summed E-state index contributed by atoms with van der Waals surface area (Å²) in [6, 6.07) is 7.00. The quantitative estimate of drug-likeness (QED) is 0.488. The number of hydrogen-bond acceptors (Lipinski definition) is 6. The standard InChI is InChI=1S/C20H18N4O3/c1-13(25)18-21-10-9-16(23-18)7-5-14-6-8-17-15(11-14)12-22-24(17)19(26)27-20(2,3)4/h6,8-12H,1-4H3. The lowest BCUT2D eigenvalue weighted by Gasteiger charge is -2.19. The molecule has 0 bridgehead atoms. The summed E-state index contributed by atoms with van der Waals surface area (Å²) in [5, 5.41) is 4.87. The first-order valence-electron chi connectivity index (χ1n) is 8.30. The van der Waals surface area contributed by atoms with Crippen LogP contribution in [-0.4, -0.2) is 37.2 Å². The Labute approximate surface area is 156 Å². The van der Waals surface area contributed by atoms with Gasteiger partial charge in [-0.2, -0.15) is 9.78 Å². The van der Waals surface area contributed by atoms with Crippen LogP contribution in [0.5, 0.6) is 0 Å². The maximum absolute atomic E-state index is 12.2. The summed E-state index contributed by atoms with van der Waals surface area (Å²) in [4.78, 5) is 31.6. The summed E-state index contributed by atoms with van der Waals surface area (Å²) in [5.74, 6) is 5.82. The third-order valence-electron chi connectivity index (χ3n) is 3.44. The predicted molar refractivity (Wildman–Crippen MR) is 99.4 cm³/mol. The van der Waals surface area contributed by atoms with E-state index in [-0.39, 0.29) is 11.6 Å². The van der Waals surface area contributed by atoms with E-state index in [1.54, 1.807) is 45.2 Å². The van der Waals surface area contributed by atoms with Crippen LogP contribution in [0.4, 0.5) is 4.79 Å². The fourth-order valence-corrected chi connectivity index (χ4v) is 2.30. The van der Waals surface area contributed by atoms with E-state index in [1.807, 2.05) is 6.07 Å². The molecule has 0 aliphatic rings. The molecule has 0 radical (unpaired) electrons. The van der Waals surface area contributed by atoms with Gasteiger partial charge in [-0.15, -0.1) is 0 Å². The Bertz CT molecular complexity index is 1100. The molecule has 0 saturated carbocycles. The molecule has 0 fully saturated rings. The van der Waals surface area contributed by atoms with Crippen LogP contribution in [-0.2, 0) is 4.74 Å². The summed E-state index contributed by atoms with van der Waals surface area (Å²) in [6.07, 6.45) is 2.55. The van der Waals surface area contributed by atoms with E-state index < -0.39 is 11.7 Å². The van der Waals surface area contributed by atoms with Crippen molar-refractivity contribution in [2.24, 2.45) is 0 Å². The monoisotopic (exact) mass is 362 g/mol. The summed E-state index contributed by atoms with van der Waals surface area (Å²) >= 11 is 0. The van der Waals surface area contributed by atoms with Gasteiger partial charge in [-0.3, -0.25) is 4.79 Å². The minimum Gasteiger partial charge on any atom is -0.442 e. The summed E-state index contributed by atoms with van der Waals surface area (Å²) in [5.41, 5.74) is 1.22. The summed E-state index contributed by atoms with van der Waals surface area (Å²) in [6.45, 7) is 6.81. The highest BCUT2D eigenvalue weighted by atomic mass is 16.6. The van der Waals surface area contributed by atoms with E-state index in [1.165, 1.54) is 17.8 Å². The Morgan fingerprint density at radius 3 is 2.63 bits per heavy atom. The molecule has 0 atom stereocenters. The van der Waals surface area contributed by atoms with Crippen molar-refractivity contribution in [3.8, 4) is 11.8 Å². The van der Waals surface area contributed by atoms with Crippen molar-refractivity contribution in [1.29, 1.82) is 0 Å². The highest BCUT2D eigenvalue weighted by molar-refractivity contribution is 5.90. The van der Waals surface area contributed by atoms with Crippen molar-refractivity contribution < 1.29 is 14.3 Å². The van der Waals surface area contributed by atoms with Crippen LogP contribution in [0.3, 0.4) is 0 Å². The second-order valence-electron chi connectivity index (χ2n) is 6.88. The minimum absolute atomic E-state index is 0.135. The SMILES string of the molecule is CC(=O)c1nccc(C#Cc2ccc3c(cnn3C(=O)OC(C)(C)C)c2)n1. The summed E-state index contributed by atoms with van der Waals surface area (Å²) < 4.78 is 6.57. The summed E-state index contributed by atoms with van der Waals surface area (Å²) in [7, 11) is 0. The maximum Gasteiger partial charge on any atom is 0.435 e. The van der Waals surface area contributed by atoms with Crippen molar-refractivity contribution in [3.05, 3.63) is 53.7 Å². The van der Waals surface area contributed by atoms with Gasteiger partial charge in [0.25, 0.3) is 0 Å². The largest absolute Gasteiger partial charge is 0.442 e. The molecule has 27 heavy (non-hydrogen) atoms. The number of rotatable bonds is 1. The van der Waals surface area contributed by atoms with Crippen LogP contribution in [0.1, 0.15) is 49.6 Å². The van der Waals surface area contributed by atoms with E-state index in [4.69, 9.17) is 4.74 Å². The predicted octanol–water partition coefficient (Wildman–Crippen LogP) is 3.21. The Morgan fingerprint density at radius 1 is 1.15 bits per heavy atom. The molecule has 2 aromatic heterocycles. The molecule has 0 N–H and O–H groups in total. The van der Waals surface area contributed by atoms with E-state index in [0.29, 0.717) is 11.2 Å². The van der Waals surface area contributed by atoms with Gasteiger partial charge in [0, 0.05) is 24.1 Å². The lowest BCUT2D eigenvalue weighted by Crippen LogP contribution is -2.27. The van der Waals surface area contributed by atoms with Crippen LogP contribution in [0, 0.1) is 11.8 Å². The van der Waals surface area contributed by atoms with Gasteiger partial charge in [0.15, 0.2) is 11.6 Å². The molecule has 0 saturated heterocycles. The minimum atomic E-state index is -0.600. The van der Waals surface area contributed by atoms with Crippen molar-refractivity contribution in [2.75, 3.05) is 0 Å². The average molecular weight is 362 g/mol. The molecule has 0 aliphatic heterocycles. The van der Waals surface area contributed by atoms with Crippen LogP contribution >= 0.6 is 0 Å². The molecule has 2 heterocycles. The van der Waals surface area contributed by atoms with Gasteiger partial charge in [0.2, 0.25) is 0 Å². The van der Waals surface area contributed by atoms with Gasteiger partial charge in [-0.25, -0.2) is 14.8 Å². The number of hydrogen-bond donors (Lipinski definition) is 0. The van der Waals surface area contributed by atoms with Crippen LogP contribution in [0.2, 0.25) is 0 Å². The molecule has 1 aromatic carbocycles. The zero-order valence-electron chi connectivity index (χ0n) is 15.5. The third kappa shape index (κ3) is 4.36. The smallest absolute Gasteiger partial charge is 0.435 e. The molecule has 7 nitrogen and oxygen atoms in total. The number of carbonyl (C=O) groups is 2. The lowest BCUT2D eigenvalue weighted by molar-refractivity contribution is 0.0522. The number of nitrogens with zero attached hydrogens (tertiary/aromatic N) is 4. The molecule has 3 aromatic rings. The highest BCUT2D eigenvalue weighted by Gasteiger charge is 2.19. The lowest BCUT2D eigenvalue weighted by atomic mass is 10.1. The Morgan fingerprint density at radius 2 is 1.93 bits per heavy atom. The zero-order valence-corrected chi connectivity index (χ0v) is 15.5. The fourth-order valence-electron chi connectivity index (χ4n) is 2.30. The molecule has 0 aliphatic carbocycles. The van der Waals surface area contributed by atoms with E-state index in [0.717, 1.165) is 10.9 Å². The average Bonchev–Trinajstić information content (AvgIpc) is 3.02. The Kier molecular flexibility index (Phi) is 4.74. The van der Waals surface area contributed by atoms with E-state index in [2.05, 4.69) is 26.9 Å². The van der Waals surface area contributed by atoms with E-state index >= 15 is 0 Å². The molecule has 3 rings (SSSR count). The first-order valence-corrected chi connectivity index (χ1v) is 8.30. The number of Topliss-reactive ketones (excluding diaryl/α,β-unsaturated/α-hetero) is 1. The number of benzene rings is 1. The van der Waals surface area contributed by atoms with Crippen molar-refractivity contribution in [2.45, 2.75) is 33.3 Å². The second-order valence-corrected chi connectivity index (χ2v) is 6.88. The maximum atomic E-state index is 12.2. The first-order chi connectivity index (χ1) is 12.7. The molecular formula is C20H18N4O3. The molecule has 0 spiro atoms. The number of aromatic nitrogens is 4. The molecule has 0 unspecified atom stereocenters. The van der Waals surface area contributed by atoms with Crippen molar-refractivity contribution in [1.82, 2.24) is 19.7 Å². The fraction of sp³-hybridized carbons (Fsp3) is 0.250. The number of carbonyl (C=O) groups excluding carboxylic acids is 2. The number of fused-ring (bicyclic) bond motifs is 1. The van der Waals surface area contributed by atoms with Gasteiger partial charge >= 0.3 is 6.09 Å². The van der Waals surface area contributed by atoms with Gasteiger partial charge in [0.05, 0.1) is 11.7 Å². The molecule has 7 heteroatoms. The van der Waals surface area contributed by atoms with E-state index in [9.17, 15) is 9.59 Å². The second kappa shape index (κ2) is 7.00. The molecule has 0 amide bonds. The van der Waals surface area contributed by atoms with Gasteiger partial charge in [-0.05, 0) is 51.0 Å². The van der Waals surface area contributed by atoms with Gasteiger partial charge < -0.3 is 4.74 Å². The zero-order chi connectivity index (χ0) is 19.6. The van der Waals surface area contributed by atoms with Crippen LogP contribution < -0.4 is 0 Å². The first kappa shape index (κ1) is 18.3. The highest BCUT2D eigenvalue weighted by Crippen LogP contribution is 2.17.